The molecule has 0 aromatic carbocycles. The zero-order chi connectivity index (χ0) is 15.5. The standard InChI is InChI=1S/C18H27NO4/c1-6-20-7-2-15(1)12-22-17-9-18(23-13-17)4-5-19(14-18)10-16-3-8-21-11-16/h3,8,11,15,17H,1-2,4-7,9-10,12-14H2/t17-,18-/m1/s1. The number of ether oxygens (including phenoxy) is 3. The van der Waals surface area contributed by atoms with Gasteiger partial charge < -0.3 is 18.6 Å². The van der Waals surface area contributed by atoms with E-state index >= 15 is 0 Å². The third-order valence-electron chi connectivity index (χ3n) is 5.47. The molecule has 1 aromatic rings. The van der Waals surface area contributed by atoms with Crippen molar-refractivity contribution in [3.05, 3.63) is 24.2 Å². The maximum atomic E-state index is 6.19. The summed E-state index contributed by atoms with van der Waals surface area (Å²) in [6.45, 7) is 6.46. The van der Waals surface area contributed by atoms with Crippen LogP contribution in [-0.4, -0.2) is 56.1 Å². The van der Waals surface area contributed by atoms with E-state index in [1.165, 1.54) is 5.56 Å². The van der Waals surface area contributed by atoms with E-state index in [1.54, 1.807) is 6.26 Å². The fourth-order valence-electron chi connectivity index (χ4n) is 4.08. The van der Waals surface area contributed by atoms with Gasteiger partial charge in [-0.3, -0.25) is 4.90 Å². The number of likely N-dealkylation sites (tertiary alicyclic amines) is 1. The van der Waals surface area contributed by atoms with E-state index in [0.29, 0.717) is 5.92 Å². The van der Waals surface area contributed by atoms with Crippen LogP contribution in [0.5, 0.6) is 0 Å². The lowest BCUT2D eigenvalue weighted by Crippen LogP contribution is -2.33. The van der Waals surface area contributed by atoms with Crippen LogP contribution in [0, 0.1) is 5.92 Å². The average Bonchev–Trinajstić information content (AvgIpc) is 3.31. The summed E-state index contributed by atoms with van der Waals surface area (Å²) >= 11 is 0. The van der Waals surface area contributed by atoms with Gasteiger partial charge in [-0.1, -0.05) is 0 Å². The lowest BCUT2D eigenvalue weighted by molar-refractivity contribution is -0.0188. The number of rotatable bonds is 5. The zero-order valence-corrected chi connectivity index (χ0v) is 13.7. The molecule has 5 heteroatoms. The van der Waals surface area contributed by atoms with E-state index in [9.17, 15) is 0 Å². The third kappa shape index (κ3) is 3.79. The Morgan fingerprint density at radius 3 is 3.04 bits per heavy atom. The number of hydrogen-bond acceptors (Lipinski definition) is 5. The first kappa shape index (κ1) is 15.6. The highest BCUT2D eigenvalue weighted by molar-refractivity contribution is 5.07. The first-order chi connectivity index (χ1) is 11.3. The molecule has 4 rings (SSSR count). The van der Waals surface area contributed by atoms with E-state index in [-0.39, 0.29) is 11.7 Å². The smallest absolute Gasteiger partial charge is 0.0947 e. The molecule has 1 aromatic heterocycles. The van der Waals surface area contributed by atoms with Gasteiger partial charge in [0, 0.05) is 44.8 Å². The van der Waals surface area contributed by atoms with Gasteiger partial charge in [0.15, 0.2) is 0 Å². The molecule has 2 atom stereocenters. The van der Waals surface area contributed by atoms with Crippen molar-refractivity contribution < 1.29 is 18.6 Å². The van der Waals surface area contributed by atoms with E-state index in [1.807, 2.05) is 12.3 Å². The average molecular weight is 321 g/mol. The maximum absolute atomic E-state index is 6.19. The quantitative estimate of drug-likeness (QED) is 0.833. The van der Waals surface area contributed by atoms with Crippen LogP contribution >= 0.6 is 0 Å². The van der Waals surface area contributed by atoms with Gasteiger partial charge in [-0.05, 0) is 31.2 Å². The van der Waals surface area contributed by atoms with E-state index in [2.05, 4.69) is 4.90 Å². The van der Waals surface area contributed by atoms with Crippen molar-refractivity contribution in [2.24, 2.45) is 5.92 Å². The maximum Gasteiger partial charge on any atom is 0.0947 e. The molecule has 5 nitrogen and oxygen atoms in total. The van der Waals surface area contributed by atoms with Gasteiger partial charge in [0.2, 0.25) is 0 Å². The monoisotopic (exact) mass is 321 g/mol. The summed E-state index contributed by atoms with van der Waals surface area (Å²) in [7, 11) is 0. The van der Waals surface area contributed by atoms with Crippen molar-refractivity contribution >= 4 is 0 Å². The molecule has 0 saturated carbocycles. The summed E-state index contributed by atoms with van der Waals surface area (Å²) in [4.78, 5) is 2.46. The summed E-state index contributed by atoms with van der Waals surface area (Å²) in [5.41, 5.74) is 1.26. The van der Waals surface area contributed by atoms with Crippen molar-refractivity contribution in [1.82, 2.24) is 4.90 Å². The van der Waals surface area contributed by atoms with Crippen LogP contribution in [0.15, 0.2) is 23.0 Å². The first-order valence-corrected chi connectivity index (χ1v) is 8.88. The largest absolute Gasteiger partial charge is 0.472 e. The molecule has 0 radical (unpaired) electrons. The molecular formula is C18H27NO4. The van der Waals surface area contributed by atoms with Crippen LogP contribution in [0.1, 0.15) is 31.2 Å². The molecule has 0 amide bonds. The second-order valence-electron chi connectivity index (χ2n) is 7.30. The van der Waals surface area contributed by atoms with Gasteiger partial charge in [0.1, 0.15) is 0 Å². The number of nitrogens with zero attached hydrogens (tertiary/aromatic N) is 1. The van der Waals surface area contributed by atoms with Gasteiger partial charge in [0.05, 0.1) is 37.4 Å². The Morgan fingerprint density at radius 1 is 1.30 bits per heavy atom. The minimum atomic E-state index is 0.0179. The molecule has 23 heavy (non-hydrogen) atoms. The van der Waals surface area contributed by atoms with E-state index < -0.39 is 0 Å². The normalized spacial score (nSPS) is 33.0. The molecule has 3 saturated heterocycles. The van der Waals surface area contributed by atoms with Crippen LogP contribution < -0.4 is 0 Å². The Morgan fingerprint density at radius 2 is 2.22 bits per heavy atom. The predicted molar refractivity (Wildman–Crippen MR) is 85.2 cm³/mol. The number of furan rings is 1. The van der Waals surface area contributed by atoms with Gasteiger partial charge >= 0.3 is 0 Å². The number of hydrogen-bond donors (Lipinski definition) is 0. The summed E-state index contributed by atoms with van der Waals surface area (Å²) in [5, 5.41) is 0. The summed E-state index contributed by atoms with van der Waals surface area (Å²) in [6, 6.07) is 2.04. The Hall–Kier alpha value is -0.880. The molecule has 0 N–H and O–H groups in total. The molecule has 3 aliphatic rings. The van der Waals surface area contributed by atoms with Crippen molar-refractivity contribution in [2.75, 3.05) is 39.5 Å². The van der Waals surface area contributed by atoms with Crippen molar-refractivity contribution in [2.45, 2.75) is 43.9 Å². The Balaban J connectivity index is 1.23. The second kappa shape index (κ2) is 6.93. The highest BCUT2D eigenvalue weighted by atomic mass is 16.6. The Labute approximate surface area is 137 Å². The Kier molecular flexibility index (Phi) is 4.71. The van der Waals surface area contributed by atoms with E-state index in [0.717, 1.165) is 71.7 Å². The van der Waals surface area contributed by atoms with Crippen LogP contribution in [0.3, 0.4) is 0 Å². The minimum Gasteiger partial charge on any atom is -0.472 e. The van der Waals surface area contributed by atoms with Crippen molar-refractivity contribution in [1.29, 1.82) is 0 Å². The van der Waals surface area contributed by atoms with Crippen molar-refractivity contribution in [3.8, 4) is 0 Å². The Bertz CT molecular complexity index is 485. The summed E-state index contributed by atoms with van der Waals surface area (Å²) in [6.07, 6.45) is 8.27. The predicted octanol–water partition coefficient (Wildman–Crippen LogP) is 2.46. The summed E-state index contributed by atoms with van der Waals surface area (Å²) in [5.74, 6) is 0.668. The minimum absolute atomic E-state index is 0.0179. The summed E-state index contributed by atoms with van der Waals surface area (Å²) < 4.78 is 22.9. The molecule has 4 heterocycles. The molecule has 3 aliphatic heterocycles. The third-order valence-corrected chi connectivity index (χ3v) is 5.47. The van der Waals surface area contributed by atoms with Gasteiger partial charge in [0.25, 0.3) is 0 Å². The fraction of sp³-hybridized carbons (Fsp3) is 0.778. The lowest BCUT2D eigenvalue weighted by Gasteiger charge is -2.24. The van der Waals surface area contributed by atoms with Gasteiger partial charge in [-0.25, -0.2) is 0 Å². The molecule has 0 aliphatic carbocycles. The van der Waals surface area contributed by atoms with E-state index in [4.69, 9.17) is 18.6 Å². The van der Waals surface area contributed by atoms with Crippen LogP contribution in [-0.2, 0) is 20.8 Å². The zero-order valence-electron chi connectivity index (χ0n) is 13.7. The fourth-order valence-corrected chi connectivity index (χ4v) is 4.08. The highest BCUT2D eigenvalue weighted by Gasteiger charge is 2.45. The molecule has 1 spiro atoms. The van der Waals surface area contributed by atoms with Crippen LogP contribution in [0.4, 0.5) is 0 Å². The molecule has 0 unspecified atom stereocenters. The topological polar surface area (TPSA) is 44.1 Å². The SMILES string of the molecule is c1cc(CN2CC[C@@]3(C[C@@H](OCC4CCOCC4)CO3)C2)co1. The van der Waals surface area contributed by atoms with Crippen molar-refractivity contribution in [3.63, 3.8) is 0 Å². The molecule has 0 bridgehead atoms. The van der Waals surface area contributed by atoms with Crippen LogP contribution in [0.25, 0.3) is 0 Å². The lowest BCUT2D eigenvalue weighted by atomic mass is 9.98. The first-order valence-electron chi connectivity index (χ1n) is 8.88. The van der Waals surface area contributed by atoms with Gasteiger partial charge in [-0.15, -0.1) is 0 Å². The highest BCUT2D eigenvalue weighted by Crippen LogP contribution is 2.37. The molecular weight excluding hydrogens is 294 g/mol. The molecule has 3 fully saturated rings. The second-order valence-corrected chi connectivity index (χ2v) is 7.30. The molecule has 128 valence electrons. The van der Waals surface area contributed by atoms with Gasteiger partial charge in [-0.2, -0.15) is 0 Å². The van der Waals surface area contributed by atoms with Crippen LogP contribution in [0.2, 0.25) is 0 Å².